The van der Waals surface area contributed by atoms with E-state index in [0.717, 1.165) is 37.4 Å². The van der Waals surface area contributed by atoms with E-state index in [0.29, 0.717) is 6.42 Å². The molecule has 1 amide bonds. The number of para-hydroxylation sites is 1. The molecule has 0 N–H and O–H groups in total. The fourth-order valence-corrected chi connectivity index (χ4v) is 2.97. The van der Waals surface area contributed by atoms with Crippen molar-refractivity contribution in [1.29, 1.82) is 0 Å². The maximum atomic E-state index is 11.8. The van der Waals surface area contributed by atoms with Gasteiger partial charge in [0.05, 0.1) is 5.52 Å². The van der Waals surface area contributed by atoms with Gasteiger partial charge in [-0.25, -0.2) is 0 Å². The van der Waals surface area contributed by atoms with Gasteiger partial charge in [0.1, 0.15) is 0 Å². The third kappa shape index (κ3) is 2.71. The maximum Gasteiger partial charge on any atom is 0.222 e. The lowest BCUT2D eigenvalue weighted by molar-refractivity contribution is -0.131. The number of amides is 1. The third-order valence-corrected chi connectivity index (χ3v) is 4.10. The van der Waals surface area contributed by atoms with Crippen LogP contribution in [0.25, 0.3) is 10.9 Å². The van der Waals surface area contributed by atoms with E-state index in [1.54, 1.807) is 0 Å². The van der Waals surface area contributed by atoms with Gasteiger partial charge in [-0.15, -0.1) is 0 Å². The Morgan fingerprint density at radius 3 is 2.62 bits per heavy atom. The second-order valence-electron chi connectivity index (χ2n) is 5.52. The summed E-state index contributed by atoms with van der Waals surface area (Å²) in [7, 11) is 0. The molecule has 21 heavy (non-hydrogen) atoms. The van der Waals surface area contributed by atoms with Crippen LogP contribution in [0.2, 0.25) is 0 Å². The number of anilines is 1. The predicted molar refractivity (Wildman–Crippen MR) is 85.6 cm³/mol. The number of aryl methyl sites for hydroxylation is 1. The zero-order valence-electron chi connectivity index (χ0n) is 12.7. The van der Waals surface area contributed by atoms with E-state index < -0.39 is 0 Å². The summed E-state index contributed by atoms with van der Waals surface area (Å²) in [5, 5.41) is 1.19. The summed E-state index contributed by atoms with van der Waals surface area (Å²) in [4.78, 5) is 20.7. The van der Waals surface area contributed by atoms with Gasteiger partial charge >= 0.3 is 0 Å². The first-order valence-corrected chi connectivity index (χ1v) is 7.58. The minimum Gasteiger partial charge on any atom is -0.367 e. The first-order valence-electron chi connectivity index (χ1n) is 7.58. The molecule has 1 aromatic carbocycles. The molecule has 0 spiro atoms. The van der Waals surface area contributed by atoms with Crippen molar-refractivity contribution in [2.75, 3.05) is 31.1 Å². The standard InChI is InChI=1S/C17H21N3O/c1-3-17(21)20-10-8-19(9-11-20)16-12-13(2)18-15-7-5-4-6-14(15)16/h4-7,12H,3,8-11H2,1-2H3. The molecule has 3 rings (SSSR count). The number of rotatable bonds is 2. The minimum atomic E-state index is 0.255. The molecule has 0 radical (unpaired) electrons. The summed E-state index contributed by atoms with van der Waals surface area (Å²) in [6, 6.07) is 10.4. The molecule has 1 saturated heterocycles. The SMILES string of the molecule is CCC(=O)N1CCN(c2cc(C)nc3ccccc23)CC1. The Morgan fingerprint density at radius 2 is 1.90 bits per heavy atom. The van der Waals surface area contributed by atoms with Crippen LogP contribution in [0.3, 0.4) is 0 Å². The van der Waals surface area contributed by atoms with Crippen LogP contribution in [0, 0.1) is 6.92 Å². The number of fused-ring (bicyclic) bond motifs is 1. The van der Waals surface area contributed by atoms with Crippen LogP contribution in [0.15, 0.2) is 30.3 Å². The average molecular weight is 283 g/mol. The van der Waals surface area contributed by atoms with E-state index in [1.165, 1.54) is 11.1 Å². The van der Waals surface area contributed by atoms with Crippen LogP contribution in [0.5, 0.6) is 0 Å². The van der Waals surface area contributed by atoms with E-state index in [2.05, 4.69) is 34.1 Å². The summed E-state index contributed by atoms with van der Waals surface area (Å²) in [5.41, 5.74) is 3.32. The first kappa shape index (κ1) is 13.9. The minimum absolute atomic E-state index is 0.255. The quantitative estimate of drug-likeness (QED) is 0.850. The number of aromatic nitrogens is 1. The van der Waals surface area contributed by atoms with E-state index in [9.17, 15) is 4.79 Å². The van der Waals surface area contributed by atoms with Crippen LogP contribution < -0.4 is 4.90 Å². The fourth-order valence-electron chi connectivity index (χ4n) is 2.97. The van der Waals surface area contributed by atoms with Gasteiger partial charge in [0.2, 0.25) is 5.91 Å². The molecule has 1 aliphatic heterocycles. The summed E-state index contributed by atoms with van der Waals surface area (Å²) in [6.45, 7) is 7.35. The molecular weight excluding hydrogens is 262 g/mol. The molecule has 1 aromatic heterocycles. The van der Waals surface area contributed by atoms with E-state index >= 15 is 0 Å². The highest BCUT2D eigenvalue weighted by Gasteiger charge is 2.21. The monoisotopic (exact) mass is 283 g/mol. The Labute approximate surface area is 125 Å². The van der Waals surface area contributed by atoms with Crippen molar-refractivity contribution in [2.45, 2.75) is 20.3 Å². The number of carbonyl (C=O) groups excluding carboxylic acids is 1. The van der Waals surface area contributed by atoms with Crippen molar-refractivity contribution < 1.29 is 4.79 Å². The second-order valence-corrected chi connectivity index (χ2v) is 5.52. The number of hydrogen-bond acceptors (Lipinski definition) is 3. The van der Waals surface area contributed by atoms with Gasteiger partial charge < -0.3 is 9.80 Å². The van der Waals surface area contributed by atoms with Crippen molar-refractivity contribution in [3.8, 4) is 0 Å². The molecule has 0 unspecified atom stereocenters. The average Bonchev–Trinajstić information content (AvgIpc) is 2.53. The van der Waals surface area contributed by atoms with E-state index in [4.69, 9.17) is 0 Å². The van der Waals surface area contributed by atoms with Crippen molar-refractivity contribution >= 4 is 22.5 Å². The maximum absolute atomic E-state index is 11.8. The zero-order valence-corrected chi connectivity index (χ0v) is 12.7. The van der Waals surface area contributed by atoms with Crippen LogP contribution >= 0.6 is 0 Å². The highest BCUT2D eigenvalue weighted by molar-refractivity contribution is 5.92. The largest absolute Gasteiger partial charge is 0.367 e. The number of nitrogens with zero attached hydrogens (tertiary/aromatic N) is 3. The molecule has 1 aliphatic rings. The Hall–Kier alpha value is -2.10. The van der Waals surface area contributed by atoms with Crippen molar-refractivity contribution in [2.24, 2.45) is 0 Å². The molecule has 2 heterocycles. The van der Waals surface area contributed by atoms with Gasteiger partial charge in [0, 0.05) is 49.4 Å². The fraction of sp³-hybridized carbons (Fsp3) is 0.412. The van der Waals surface area contributed by atoms with Gasteiger partial charge in [-0.3, -0.25) is 9.78 Å². The lowest BCUT2D eigenvalue weighted by atomic mass is 10.1. The molecule has 4 nitrogen and oxygen atoms in total. The van der Waals surface area contributed by atoms with E-state index in [-0.39, 0.29) is 5.91 Å². The summed E-state index contributed by atoms with van der Waals surface area (Å²) in [6.07, 6.45) is 0.595. The molecule has 0 bridgehead atoms. The number of hydrogen-bond donors (Lipinski definition) is 0. The van der Waals surface area contributed by atoms with Crippen molar-refractivity contribution in [3.63, 3.8) is 0 Å². The van der Waals surface area contributed by atoms with Gasteiger partial charge in [0.25, 0.3) is 0 Å². The topological polar surface area (TPSA) is 36.4 Å². The summed E-state index contributed by atoms with van der Waals surface area (Å²) < 4.78 is 0. The first-order chi connectivity index (χ1) is 10.2. The number of piperazine rings is 1. The van der Waals surface area contributed by atoms with Gasteiger partial charge in [-0.05, 0) is 19.1 Å². The van der Waals surface area contributed by atoms with Gasteiger partial charge in [0.15, 0.2) is 0 Å². The molecule has 110 valence electrons. The predicted octanol–water partition coefficient (Wildman–Crippen LogP) is 2.60. The zero-order chi connectivity index (χ0) is 14.8. The Morgan fingerprint density at radius 1 is 1.19 bits per heavy atom. The molecule has 2 aromatic rings. The third-order valence-electron chi connectivity index (χ3n) is 4.10. The van der Waals surface area contributed by atoms with Crippen molar-refractivity contribution in [3.05, 3.63) is 36.0 Å². The van der Waals surface area contributed by atoms with Crippen LogP contribution in [0.1, 0.15) is 19.0 Å². The van der Waals surface area contributed by atoms with Crippen LogP contribution in [-0.2, 0) is 4.79 Å². The lowest BCUT2D eigenvalue weighted by Crippen LogP contribution is -2.48. The number of benzene rings is 1. The lowest BCUT2D eigenvalue weighted by Gasteiger charge is -2.36. The van der Waals surface area contributed by atoms with Crippen LogP contribution in [0.4, 0.5) is 5.69 Å². The highest BCUT2D eigenvalue weighted by atomic mass is 16.2. The smallest absolute Gasteiger partial charge is 0.222 e. The Balaban J connectivity index is 1.87. The Kier molecular flexibility index (Phi) is 3.78. The summed E-state index contributed by atoms with van der Waals surface area (Å²) in [5.74, 6) is 0.255. The Bertz CT molecular complexity index is 660. The molecule has 0 saturated carbocycles. The van der Waals surface area contributed by atoms with Crippen molar-refractivity contribution in [1.82, 2.24) is 9.88 Å². The molecule has 1 fully saturated rings. The highest BCUT2D eigenvalue weighted by Crippen LogP contribution is 2.27. The molecule has 0 aliphatic carbocycles. The van der Waals surface area contributed by atoms with Gasteiger partial charge in [-0.1, -0.05) is 25.1 Å². The van der Waals surface area contributed by atoms with E-state index in [1.807, 2.05) is 24.8 Å². The number of pyridine rings is 1. The number of carbonyl (C=O) groups is 1. The normalized spacial score (nSPS) is 15.5. The van der Waals surface area contributed by atoms with Gasteiger partial charge in [-0.2, -0.15) is 0 Å². The summed E-state index contributed by atoms with van der Waals surface area (Å²) >= 11 is 0. The molecular formula is C17H21N3O. The second kappa shape index (κ2) is 5.72. The molecule has 4 heteroatoms. The van der Waals surface area contributed by atoms with Crippen LogP contribution in [-0.4, -0.2) is 42.0 Å². The molecule has 0 atom stereocenters.